The minimum absolute atomic E-state index is 0.122. The predicted molar refractivity (Wildman–Crippen MR) is 60.1 cm³/mol. The Morgan fingerprint density at radius 3 is 2.56 bits per heavy atom. The van der Waals surface area contributed by atoms with Crippen LogP contribution in [-0.2, 0) is 4.79 Å². The minimum Gasteiger partial charge on any atom is -0.481 e. The molecule has 1 fully saturated rings. The standard InChI is InChI=1S/C11H20N2O3/c1-7(2)8-5-13(10(16)12-8)6-11(3,4)9(14)15/h7-8H,5-6H2,1-4H3,(H,12,16)(H,14,15). The molecule has 92 valence electrons. The van der Waals surface area contributed by atoms with Gasteiger partial charge in [0.15, 0.2) is 0 Å². The average Bonchev–Trinajstić information content (AvgIpc) is 2.47. The van der Waals surface area contributed by atoms with Crippen LogP contribution in [0.25, 0.3) is 0 Å². The number of hydrogen-bond donors (Lipinski definition) is 2. The Bertz CT molecular complexity index is 300. The quantitative estimate of drug-likeness (QED) is 0.758. The van der Waals surface area contributed by atoms with Crippen molar-refractivity contribution in [3.63, 3.8) is 0 Å². The summed E-state index contributed by atoms with van der Waals surface area (Å²) in [5.74, 6) is -0.518. The lowest BCUT2D eigenvalue weighted by Crippen LogP contribution is -2.40. The van der Waals surface area contributed by atoms with Crippen LogP contribution in [0.4, 0.5) is 4.79 Å². The van der Waals surface area contributed by atoms with Gasteiger partial charge in [-0.1, -0.05) is 13.8 Å². The number of urea groups is 1. The Morgan fingerprint density at radius 1 is 1.62 bits per heavy atom. The Labute approximate surface area is 95.8 Å². The van der Waals surface area contributed by atoms with Crippen molar-refractivity contribution in [2.24, 2.45) is 11.3 Å². The third kappa shape index (κ3) is 2.65. The monoisotopic (exact) mass is 228 g/mol. The molecule has 0 bridgehead atoms. The third-order valence-corrected chi connectivity index (χ3v) is 2.98. The first-order valence-corrected chi connectivity index (χ1v) is 5.53. The van der Waals surface area contributed by atoms with Crippen molar-refractivity contribution in [3.05, 3.63) is 0 Å². The van der Waals surface area contributed by atoms with E-state index in [4.69, 9.17) is 5.11 Å². The largest absolute Gasteiger partial charge is 0.481 e. The molecule has 0 radical (unpaired) electrons. The van der Waals surface area contributed by atoms with Gasteiger partial charge in [-0.15, -0.1) is 0 Å². The Hall–Kier alpha value is -1.26. The number of aliphatic carboxylic acids is 1. The fraction of sp³-hybridized carbons (Fsp3) is 0.818. The maximum Gasteiger partial charge on any atom is 0.317 e. The number of rotatable bonds is 4. The van der Waals surface area contributed by atoms with Gasteiger partial charge in [0.05, 0.1) is 11.5 Å². The summed E-state index contributed by atoms with van der Waals surface area (Å²) in [6.07, 6.45) is 0. The van der Waals surface area contributed by atoms with Crippen LogP contribution >= 0.6 is 0 Å². The number of nitrogens with zero attached hydrogens (tertiary/aromatic N) is 1. The van der Waals surface area contributed by atoms with Gasteiger partial charge >= 0.3 is 12.0 Å². The van der Waals surface area contributed by atoms with Gasteiger partial charge in [-0.05, 0) is 19.8 Å². The number of hydrogen-bond acceptors (Lipinski definition) is 2. The average molecular weight is 228 g/mol. The van der Waals surface area contributed by atoms with Gasteiger partial charge in [-0.25, -0.2) is 4.79 Å². The summed E-state index contributed by atoms with van der Waals surface area (Å²) in [6, 6.07) is -0.0369. The van der Waals surface area contributed by atoms with E-state index >= 15 is 0 Å². The lowest BCUT2D eigenvalue weighted by atomic mass is 9.93. The number of carbonyl (C=O) groups excluding carboxylic acids is 1. The zero-order valence-corrected chi connectivity index (χ0v) is 10.3. The van der Waals surface area contributed by atoms with Gasteiger partial charge in [0.25, 0.3) is 0 Å². The van der Waals surface area contributed by atoms with Crippen molar-refractivity contribution < 1.29 is 14.7 Å². The van der Waals surface area contributed by atoms with E-state index in [9.17, 15) is 9.59 Å². The van der Waals surface area contributed by atoms with Crippen molar-refractivity contribution in [2.45, 2.75) is 33.7 Å². The molecule has 2 N–H and O–H groups in total. The normalized spacial score (nSPS) is 21.4. The molecule has 0 aromatic heterocycles. The van der Waals surface area contributed by atoms with Crippen LogP contribution in [0.3, 0.4) is 0 Å². The van der Waals surface area contributed by atoms with Gasteiger partial charge in [0.1, 0.15) is 0 Å². The molecule has 1 rings (SSSR count). The lowest BCUT2D eigenvalue weighted by Gasteiger charge is -2.25. The van der Waals surface area contributed by atoms with Crippen LogP contribution < -0.4 is 5.32 Å². The van der Waals surface area contributed by atoms with Crippen LogP contribution in [0.5, 0.6) is 0 Å². The van der Waals surface area contributed by atoms with Gasteiger partial charge in [-0.3, -0.25) is 4.79 Å². The zero-order valence-electron chi connectivity index (χ0n) is 10.3. The Kier molecular flexibility index (Phi) is 3.45. The summed E-state index contributed by atoms with van der Waals surface area (Å²) in [6.45, 7) is 8.18. The van der Waals surface area contributed by atoms with Gasteiger partial charge < -0.3 is 15.3 Å². The summed E-state index contributed by atoms with van der Waals surface area (Å²) < 4.78 is 0. The van der Waals surface area contributed by atoms with Crippen LogP contribution in [0.15, 0.2) is 0 Å². The molecule has 1 heterocycles. The highest BCUT2D eigenvalue weighted by Gasteiger charge is 2.37. The highest BCUT2D eigenvalue weighted by Crippen LogP contribution is 2.21. The number of carboxylic acid groups (broad SMARTS) is 1. The molecular weight excluding hydrogens is 208 g/mol. The molecule has 1 aliphatic rings. The molecule has 1 atom stereocenters. The number of amides is 2. The molecule has 2 amide bonds. The fourth-order valence-electron chi connectivity index (χ4n) is 1.67. The van der Waals surface area contributed by atoms with Crippen molar-refractivity contribution >= 4 is 12.0 Å². The van der Waals surface area contributed by atoms with E-state index in [2.05, 4.69) is 5.32 Å². The first-order chi connectivity index (χ1) is 7.24. The molecule has 5 heteroatoms. The molecule has 1 saturated heterocycles. The van der Waals surface area contributed by atoms with Crippen LogP contribution in [0, 0.1) is 11.3 Å². The molecule has 16 heavy (non-hydrogen) atoms. The van der Waals surface area contributed by atoms with Crippen LogP contribution in [-0.4, -0.2) is 41.1 Å². The summed E-state index contributed by atoms with van der Waals surface area (Å²) in [5, 5.41) is 11.9. The Morgan fingerprint density at radius 2 is 2.19 bits per heavy atom. The van der Waals surface area contributed by atoms with Crippen molar-refractivity contribution in [1.82, 2.24) is 10.2 Å². The second kappa shape index (κ2) is 4.31. The molecule has 1 unspecified atom stereocenters. The maximum atomic E-state index is 11.6. The van der Waals surface area contributed by atoms with E-state index in [1.165, 1.54) is 0 Å². The number of carbonyl (C=O) groups is 2. The summed E-state index contributed by atoms with van der Waals surface area (Å²) >= 11 is 0. The van der Waals surface area contributed by atoms with E-state index in [1.807, 2.05) is 13.8 Å². The smallest absolute Gasteiger partial charge is 0.317 e. The van der Waals surface area contributed by atoms with E-state index in [0.717, 1.165) is 0 Å². The van der Waals surface area contributed by atoms with Gasteiger partial charge in [-0.2, -0.15) is 0 Å². The fourth-order valence-corrected chi connectivity index (χ4v) is 1.67. The highest BCUT2D eigenvalue weighted by molar-refractivity contribution is 5.79. The molecule has 0 aromatic rings. The SMILES string of the molecule is CC(C)C1CN(CC(C)(C)C(=O)O)C(=O)N1. The third-order valence-electron chi connectivity index (χ3n) is 2.98. The van der Waals surface area contributed by atoms with E-state index < -0.39 is 11.4 Å². The van der Waals surface area contributed by atoms with Crippen LogP contribution in [0.2, 0.25) is 0 Å². The molecule has 0 spiro atoms. The highest BCUT2D eigenvalue weighted by atomic mass is 16.4. The van der Waals surface area contributed by atoms with E-state index in [-0.39, 0.29) is 18.6 Å². The zero-order chi connectivity index (χ0) is 12.5. The first kappa shape index (κ1) is 12.8. The van der Waals surface area contributed by atoms with Crippen molar-refractivity contribution in [1.29, 1.82) is 0 Å². The first-order valence-electron chi connectivity index (χ1n) is 5.53. The molecule has 1 aliphatic heterocycles. The lowest BCUT2D eigenvalue weighted by molar-refractivity contribution is -0.147. The Balaban J connectivity index is 2.63. The van der Waals surface area contributed by atoms with Crippen molar-refractivity contribution in [2.75, 3.05) is 13.1 Å². The van der Waals surface area contributed by atoms with E-state index in [0.29, 0.717) is 12.5 Å². The molecule has 0 saturated carbocycles. The van der Waals surface area contributed by atoms with Crippen molar-refractivity contribution in [3.8, 4) is 0 Å². The molecule has 0 aromatic carbocycles. The molecule has 0 aliphatic carbocycles. The molecule has 5 nitrogen and oxygen atoms in total. The van der Waals surface area contributed by atoms with Gasteiger partial charge in [0.2, 0.25) is 0 Å². The summed E-state index contributed by atoms with van der Waals surface area (Å²) in [7, 11) is 0. The number of carboxylic acids is 1. The van der Waals surface area contributed by atoms with E-state index in [1.54, 1.807) is 18.7 Å². The second-order valence-electron chi connectivity index (χ2n) is 5.37. The summed E-state index contributed by atoms with van der Waals surface area (Å²) in [5.41, 5.74) is -0.900. The minimum atomic E-state index is -0.900. The van der Waals surface area contributed by atoms with Crippen LogP contribution in [0.1, 0.15) is 27.7 Å². The molecular formula is C11H20N2O3. The number of nitrogens with one attached hydrogen (secondary N) is 1. The van der Waals surface area contributed by atoms with Gasteiger partial charge in [0, 0.05) is 13.1 Å². The topological polar surface area (TPSA) is 69.6 Å². The second-order valence-corrected chi connectivity index (χ2v) is 5.37. The predicted octanol–water partition coefficient (Wildman–Crippen LogP) is 1.15. The maximum absolute atomic E-state index is 11.6. The summed E-state index contributed by atoms with van der Waals surface area (Å²) in [4.78, 5) is 24.2.